The number of hydrogen-bond donors (Lipinski definition) is 2. The van der Waals surface area contributed by atoms with Gasteiger partial charge in [0.25, 0.3) is 11.8 Å². The summed E-state index contributed by atoms with van der Waals surface area (Å²) in [6.07, 6.45) is -0.429. The molecule has 0 radical (unpaired) electrons. The van der Waals surface area contributed by atoms with Gasteiger partial charge in [0.05, 0.1) is 23.3 Å². The molecule has 0 unspecified atom stereocenters. The van der Waals surface area contributed by atoms with Crippen LogP contribution in [-0.2, 0) is 17.8 Å². The van der Waals surface area contributed by atoms with Gasteiger partial charge in [0.1, 0.15) is 6.04 Å². The molecule has 0 spiro atoms. The highest BCUT2D eigenvalue weighted by Gasteiger charge is 2.44. The number of benzene rings is 3. The molecular formula is C34H39BrN4O4. The quantitative estimate of drug-likeness (QED) is 0.306. The molecule has 0 aliphatic carbocycles. The average molecular weight is 648 g/mol. The van der Waals surface area contributed by atoms with Crippen molar-refractivity contribution < 1.29 is 19.5 Å². The first-order chi connectivity index (χ1) is 20.7. The molecule has 1 saturated heterocycles. The van der Waals surface area contributed by atoms with Crippen LogP contribution in [0.1, 0.15) is 45.7 Å². The van der Waals surface area contributed by atoms with Crippen LogP contribution in [0, 0.1) is 5.92 Å². The number of halogens is 1. The summed E-state index contributed by atoms with van der Waals surface area (Å²) >= 11 is 3.49. The minimum absolute atomic E-state index is 0.311. The smallest absolute Gasteiger partial charge is 0.262 e. The summed E-state index contributed by atoms with van der Waals surface area (Å²) in [5, 5.41) is 14.6. The minimum Gasteiger partial charge on any atom is -0.390 e. The van der Waals surface area contributed by atoms with Gasteiger partial charge in [-0.05, 0) is 47.7 Å². The molecule has 2 aliphatic rings. The maximum Gasteiger partial charge on any atom is 0.262 e. The number of imide groups is 1. The molecule has 226 valence electrons. The van der Waals surface area contributed by atoms with E-state index in [9.17, 15) is 19.5 Å². The minimum atomic E-state index is -1.000. The topological polar surface area (TPSA) is 93.2 Å². The third-order valence-corrected chi connectivity index (χ3v) is 8.85. The third-order valence-electron chi connectivity index (χ3n) is 8.32. The van der Waals surface area contributed by atoms with Crippen molar-refractivity contribution in [2.75, 3.05) is 32.7 Å². The van der Waals surface area contributed by atoms with Gasteiger partial charge in [-0.2, -0.15) is 0 Å². The number of nitrogens with zero attached hydrogens (tertiary/aromatic N) is 3. The second-order valence-electron chi connectivity index (χ2n) is 11.8. The molecule has 5 rings (SSSR count). The van der Waals surface area contributed by atoms with E-state index in [1.54, 1.807) is 24.3 Å². The van der Waals surface area contributed by atoms with Gasteiger partial charge in [-0.15, -0.1) is 0 Å². The molecule has 9 heteroatoms. The lowest BCUT2D eigenvalue weighted by Gasteiger charge is -2.37. The Hall–Kier alpha value is -3.37. The van der Waals surface area contributed by atoms with Gasteiger partial charge in [0, 0.05) is 43.7 Å². The first kappa shape index (κ1) is 31.1. The van der Waals surface area contributed by atoms with Crippen molar-refractivity contribution in [3.63, 3.8) is 0 Å². The normalized spacial score (nSPS) is 18.0. The van der Waals surface area contributed by atoms with Crippen molar-refractivity contribution in [1.82, 2.24) is 20.0 Å². The zero-order valence-corrected chi connectivity index (χ0v) is 26.2. The van der Waals surface area contributed by atoms with E-state index in [1.165, 1.54) is 5.56 Å². The first-order valence-corrected chi connectivity index (χ1v) is 15.7. The molecule has 2 heterocycles. The number of piperazine rings is 1. The molecule has 0 aromatic heterocycles. The molecule has 3 aromatic rings. The summed E-state index contributed by atoms with van der Waals surface area (Å²) in [5.74, 6) is -1.69. The summed E-state index contributed by atoms with van der Waals surface area (Å²) < 4.78 is 1.07. The molecule has 2 aliphatic heterocycles. The van der Waals surface area contributed by atoms with Crippen LogP contribution in [0.3, 0.4) is 0 Å². The van der Waals surface area contributed by atoms with Gasteiger partial charge >= 0.3 is 0 Å². The molecule has 8 nitrogen and oxygen atoms in total. The summed E-state index contributed by atoms with van der Waals surface area (Å²) in [4.78, 5) is 46.1. The van der Waals surface area contributed by atoms with Crippen LogP contribution in [0.5, 0.6) is 0 Å². The Labute approximate surface area is 261 Å². The average Bonchev–Trinajstić information content (AvgIpc) is 3.25. The van der Waals surface area contributed by atoms with Crippen LogP contribution in [0.4, 0.5) is 0 Å². The number of carbonyl (C=O) groups excluding carboxylic acids is 3. The lowest BCUT2D eigenvalue weighted by Crippen LogP contribution is -2.58. The highest BCUT2D eigenvalue weighted by molar-refractivity contribution is 9.10. The lowest BCUT2D eigenvalue weighted by atomic mass is 9.97. The SMILES string of the molecule is CC(C)[C@@H](C(=O)N[C@H](Cc1ccccc1)[C@@H](O)CN1CCN(Cc2ccc(Br)cc2)CC1)N1C(=O)c2ccccc2C1=O. The highest BCUT2D eigenvalue weighted by atomic mass is 79.9. The van der Waals surface area contributed by atoms with Gasteiger partial charge < -0.3 is 10.4 Å². The van der Waals surface area contributed by atoms with E-state index in [0.717, 1.165) is 47.7 Å². The monoisotopic (exact) mass is 646 g/mol. The molecule has 43 heavy (non-hydrogen) atoms. The number of amides is 3. The number of fused-ring (bicyclic) bond motifs is 1. The fourth-order valence-electron chi connectivity index (χ4n) is 5.97. The number of rotatable bonds is 11. The van der Waals surface area contributed by atoms with Crippen molar-refractivity contribution in [2.24, 2.45) is 5.92 Å². The molecule has 1 fully saturated rings. The van der Waals surface area contributed by atoms with Crippen molar-refractivity contribution in [3.05, 3.63) is 106 Å². The molecule has 2 N–H and O–H groups in total. The van der Waals surface area contributed by atoms with Crippen LogP contribution in [0.15, 0.2) is 83.3 Å². The number of aliphatic hydroxyl groups excluding tert-OH is 1. The van der Waals surface area contributed by atoms with Gasteiger partial charge in [0.2, 0.25) is 5.91 Å². The van der Waals surface area contributed by atoms with Crippen molar-refractivity contribution in [3.8, 4) is 0 Å². The maximum absolute atomic E-state index is 13.9. The second-order valence-corrected chi connectivity index (χ2v) is 12.7. The van der Waals surface area contributed by atoms with Gasteiger partial charge in [0.15, 0.2) is 0 Å². The number of carbonyl (C=O) groups is 3. The summed E-state index contributed by atoms with van der Waals surface area (Å²) in [6.45, 7) is 8.32. The Kier molecular flexibility index (Phi) is 10.1. The standard InChI is InChI=1S/C34H39BrN4O4/c1-23(2)31(39-33(42)27-10-6-7-11-28(27)34(39)43)32(41)36-29(20-24-8-4-3-5-9-24)30(40)22-38-18-16-37(17-19-38)21-25-12-14-26(35)15-13-25/h3-15,23,29-31,40H,16-22H2,1-2H3,(H,36,41)/t29-,30+,31+/m1/s1. The van der Waals surface area contributed by atoms with Gasteiger partial charge in [-0.3, -0.25) is 29.1 Å². The van der Waals surface area contributed by atoms with E-state index in [0.29, 0.717) is 24.1 Å². The lowest BCUT2D eigenvalue weighted by molar-refractivity contribution is -0.128. The molecule has 3 aromatic carbocycles. The predicted octanol–water partition coefficient (Wildman–Crippen LogP) is 3.98. The Bertz CT molecular complexity index is 1390. The summed E-state index contributed by atoms with van der Waals surface area (Å²) in [5.41, 5.74) is 2.87. The van der Waals surface area contributed by atoms with Crippen LogP contribution < -0.4 is 5.32 Å². The molecule has 3 amide bonds. The Morgan fingerprint density at radius 1 is 0.814 bits per heavy atom. The largest absolute Gasteiger partial charge is 0.390 e. The third kappa shape index (κ3) is 7.41. The Morgan fingerprint density at radius 2 is 1.37 bits per heavy atom. The van der Waals surface area contributed by atoms with Crippen molar-refractivity contribution in [1.29, 1.82) is 0 Å². The first-order valence-electron chi connectivity index (χ1n) is 14.9. The van der Waals surface area contributed by atoms with E-state index in [2.05, 4.69) is 55.3 Å². The van der Waals surface area contributed by atoms with E-state index in [4.69, 9.17) is 0 Å². The van der Waals surface area contributed by atoms with Gasteiger partial charge in [-0.1, -0.05) is 84.4 Å². The van der Waals surface area contributed by atoms with E-state index >= 15 is 0 Å². The van der Waals surface area contributed by atoms with E-state index in [-0.39, 0.29) is 5.92 Å². The molecule has 0 bridgehead atoms. The number of nitrogens with one attached hydrogen (secondary N) is 1. The molecule has 0 saturated carbocycles. The van der Waals surface area contributed by atoms with Crippen LogP contribution >= 0.6 is 15.9 Å². The van der Waals surface area contributed by atoms with Crippen molar-refractivity contribution >= 4 is 33.7 Å². The maximum atomic E-state index is 13.9. The zero-order valence-electron chi connectivity index (χ0n) is 24.7. The Balaban J connectivity index is 1.26. The zero-order chi connectivity index (χ0) is 30.5. The Morgan fingerprint density at radius 3 is 1.95 bits per heavy atom. The molecule has 3 atom stereocenters. The summed E-state index contributed by atoms with van der Waals surface area (Å²) in [7, 11) is 0. The van der Waals surface area contributed by atoms with Crippen molar-refractivity contribution in [2.45, 2.75) is 45.0 Å². The second kappa shape index (κ2) is 13.9. The van der Waals surface area contributed by atoms with Crippen LogP contribution in [-0.4, -0.2) is 88.4 Å². The number of aliphatic hydroxyl groups is 1. The van der Waals surface area contributed by atoms with E-state index < -0.39 is 35.9 Å². The number of β-amino-alcohol motifs (C(OH)–C–C–N with tert-alkyl or cyclic N) is 1. The highest BCUT2D eigenvalue weighted by Crippen LogP contribution is 2.27. The number of hydrogen-bond acceptors (Lipinski definition) is 6. The fourth-order valence-corrected chi connectivity index (χ4v) is 6.23. The fraction of sp³-hybridized carbons (Fsp3) is 0.382. The van der Waals surface area contributed by atoms with Crippen LogP contribution in [0.2, 0.25) is 0 Å². The van der Waals surface area contributed by atoms with Gasteiger partial charge in [-0.25, -0.2) is 0 Å². The summed E-state index contributed by atoms with van der Waals surface area (Å²) in [6, 6.07) is 23.2. The predicted molar refractivity (Wildman–Crippen MR) is 170 cm³/mol. The van der Waals surface area contributed by atoms with E-state index in [1.807, 2.05) is 44.2 Å². The molecular weight excluding hydrogens is 608 g/mol. The van der Waals surface area contributed by atoms with Crippen LogP contribution in [0.25, 0.3) is 0 Å².